The van der Waals surface area contributed by atoms with Gasteiger partial charge < -0.3 is 15.2 Å². The fourth-order valence-electron chi connectivity index (χ4n) is 1.92. The van der Waals surface area contributed by atoms with E-state index in [0.717, 1.165) is 12.2 Å². The number of nitrogens with zero attached hydrogens (tertiary/aromatic N) is 4. The SMILES string of the molecule is COc1ccc(N)cc1-c1nnnn1CCOCC(C)C. The van der Waals surface area contributed by atoms with Crippen LogP contribution in [0.15, 0.2) is 18.2 Å². The summed E-state index contributed by atoms with van der Waals surface area (Å²) in [4.78, 5) is 0. The molecule has 7 nitrogen and oxygen atoms in total. The van der Waals surface area contributed by atoms with E-state index in [4.69, 9.17) is 15.2 Å². The van der Waals surface area contributed by atoms with E-state index < -0.39 is 0 Å². The van der Waals surface area contributed by atoms with Crippen molar-refractivity contribution in [3.8, 4) is 17.1 Å². The average molecular weight is 291 g/mol. The molecule has 0 fully saturated rings. The molecule has 7 heteroatoms. The number of aromatic nitrogens is 4. The Hall–Kier alpha value is -2.15. The smallest absolute Gasteiger partial charge is 0.185 e. The molecule has 21 heavy (non-hydrogen) atoms. The minimum atomic E-state index is 0.507. The number of tetrazole rings is 1. The maximum Gasteiger partial charge on any atom is 0.185 e. The number of methoxy groups -OCH3 is 1. The molecule has 0 saturated heterocycles. The topological polar surface area (TPSA) is 88.1 Å². The van der Waals surface area contributed by atoms with E-state index in [1.54, 1.807) is 30.0 Å². The number of hydrogen-bond donors (Lipinski definition) is 1. The van der Waals surface area contributed by atoms with Crippen LogP contribution in [0.5, 0.6) is 5.75 Å². The van der Waals surface area contributed by atoms with Crippen molar-refractivity contribution in [2.45, 2.75) is 20.4 Å². The van der Waals surface area contributed by atoms with Gasteiger partial charge in [-0.3, -0.25) is 0 Å². The van der Waals surface area contributed by atoms with E-state index in [-0.39, 0.29) is 0 Å². The summed E-state index contributed by atoms with van der Waals surface area (Å²) in [5, 5.41) is 11.8. The van der Waals surface area contributed by atoms with Crippen LogP contribution < -0.4 is 10.5 Å². The van der Waals surface area contributed by atoms with Crippen LogP contribution in [0.1, 0.15) is 13.8 Å². The Bertz CT molecular complexity index is 582. The number of benzene rings is 1. The van der Waals surface area contributed by atoms with Crippen LogP contribution in [-0.4, -0.2) is 40.5 Å². The Labute approximate surface area is 124 Å². The van der Waals surface area contributed by atoms with Gasteiger partial charge in [0.15, 0.2) is 5.82 Å². The van der Waals surface area contributed by atoms with Gasteiger partial charge in [-0.1, -0.05) is 13.8 Å². The van der Waals surface area contributed by atoms with Gasteiger partial charge >= 0.3 is 0 Å². The van der Waals surface area contributed by atoms with E-state index in [2.05, 4.69) is 29.4 Å². The van der Waals surface area contributed by atoms with Crippen LogP contribution in [0.25, 0.3) is 11.4 Å². The number of nitrogen functional groups attached to an aromatic ring is 1. The van der Waals surface area contributed by atoms with E-state index in [0.29, 0.717) is 36.3 Å². The zero-order valence-corrected chi connectivity index (χ0v) is 12.6. The summed E-state index contributed by atoms with van der Waals surface area (Å²) in [6.45, 7) is 6.08. The number of hydrogen-bond acceptors (Lipinski definition) is 6. The zero-order chi connectivity index (χ0) is 15.2. The highest BCUT2D eigenvalue weighted by Gasteiger charge is 2.14. The molecule has 114 valence electrons. The van der Waals surface area contributed by atoms with Crippen molar-refractivity contribution < 1.29 is 9.47 Å². The predicted octanol–water partition coefficient (Wildman–Crippen LogP) is 1.60. The van der Waals surface area contributed by atoms with Gasteiger partial charge in [0, 0.05) is 12.3 Å². The predicted molar refractivity (Wildman–Crippen MR) is 79.9 cm³/mol. The Balaban J connectivity index is 2.14. The molecule has 0 aliphatic carbocycles. The molecule has 0 amide bonds. The van der Waals surface area contributed by atoms with Gasteiger partial charge in [-0.25, -0.2) is 4.68 Å². The van der Waals surface area contributed by atoms with Crippen LogP contribution in [0, 0.1) is 5.92 Å². The van der Waals surface area contributed by atoms with Gasteiger partial charge in [0.1, 0.15) is 5.75 Å². The van der Waals surface area contributed by atoms with Crippen LogP contribution in [0.3, 0.4) is 0 Å². The molecule has 0 saturated carbocycles. The van der Waals surface area contributed by atoms with E-state index in [1.165, 1.54) is 0 Å². The fraction of sp³-hybridized carbons (Fsp3) is 0.500. The quantitative estimate of drug-likeness (QED) is 0.616. The van der Waals surface area contributed by atoms with Crippen LogP contribution in [-0.2, 0) is 11.3 Å². The van der Waals surface area contributed by atoms with Crippen molar-refractivity contribution in [3.05, 3.63) is 18.2 Å². The molecule has 0 atom stereocenters. The number of anilines is 1. The first-order valence-corrected chi connectivity index (χ1v) is 6.89. The molecule has 0 aliphatic rings. The summed E-state index contributed by atoms with van der Waals surface area (Å²) in [6.07, 6.45) is 0. The van der Waals surface area contributed by atoms with Gasteiger partial charge in [0.05, 0.1) is 25.8 Å². The summed E-state index contributed by atoms with van der Waals surface area (Å²) in [5.74, 6) is 1.81. The first-order valence-electron chi connectivity index (χ1n) is 6.89. The Morgan fingerprint density at radius 1 is 1.33 bits per heavy atom. The fourth-order valence-corrected chi connectivity index (χ4v) is 1.92. The summed E-state index contributed by atoms with van der Waals surface area (Å²) < 4.78 is 12.6. The van der Waals surface area contributed by atoms with E-state index >= 15 is 0 Å². The van der Waals surface area contributed by atoms with Crippen molar-refractivity contribution in [2.24, 2.45) is 5.92 Å². The molecule has 2 N–H and O–H groups in total. The minimum absolute atomic E-state index is 0.507. The van der Waals surface area contributed by atoms with Crippen molar-refractivity contribution in [3.63, 3.8) is 0 Å². The molecule has 1 aromatic carbocycles. The Morgan fingerprint density at radius 2 is 2.14 bits per heavy atom. The lowest BCUT2D eigenvalue weighted by atomic mass is 10.1. The molecule has 2 rings (SSSR count). The van der Waals surface area contributed by atoms with Gasteiger partial charge in [-0.15, -0.1) is 5.10 Å². The molecular formula is C14H21N5O2. The molecule has 0 spiro atoms. The molecule has 0 bridgehead atoms. The van der Waals surface area contributed by atoms with Crippen LogP contribution in [0.4, 0.5) is 5.69 Å². The highest BCUT2D eigenvalue weighted by Crippen LogP contribution is 2.29. The van der Waals surface area contributed by atoms with Crippen molar-refractivity contribution in [2.75, 3.05) is 26.1 Å². The number of rotatable bonds is 7. The van der Waals surface area contributed by atoms with Gasteiger partial charge in [0.25, 0.3) is 0 Å². The largest absolute Gasteiger partial charge is 0.496 e. The second kappa shape index (κ2) is 7.03. The second-order valence-electron chi connectivity index (χ2n) is 5.15. The summed E-state index contributed by atoms with van der Waals surface area (Å²) >= 11 is 0. The third-order valence-corrected chi connectivity index (χ3v) is 2.89. The Kier molecular flexibility index (Phi) is 5.10. The molecule has 0 aliphatic heterocycles. The molecular weight excluding hydrogens is 270 g/mol. The lowest BCUT2D eigenvalue weighted by Crippen LogP contribution is -2.12. The third kappa shape index (κ3) is 3.91. The van der Waals surface area contributed by atoms with Gasteiger partial charge in [-0.05, 0) is 34.5 Å². The molecule has 1 heterocycles. The minimum Gasteiger partial charge on any atom is -0.496 e. The first-order chi connectivity index (χ1) is 10.1. The van der Waals surface area contributed by atoms with Crippen molar-refractivity contribution in [1.82, 2.24) is 20.2 Å². The van der Waals surface area contributed by atoms with Crippen molar-refractivity contribution in [1.29, 1.82) is 0 Å². The normalized spacial score (nSPS) is 11.0. The first kappa shape index (κ1) is 15.2. The monoisotopic (exact) mass is 291 g/mol. The highest BCUT2D eigenvalue weighted by molar-refractivity contribution is 5.68. The third-order valence-electron chi connectivity index (χ3n) is 2.89. The molecule has 0 unspecified atom stereocenters. The zero-order valence-electron chi connectivity index (χ0n) is 12.6. The highest BCUT2D eigenvalue weighted by atomic mass is 16.5. The van der Waals surface area contributed by atoms with Gasteiger partial charge in [-0.2, -0.15) is 0 Å². The lowest BCUT2D eigenvalue weighted by molar-refractivity contribution is 0.101. The summed E-state index contributed by atoms with van der Waals surface area (Å²) in [7, 11) is 1.61. The standard InChI is InChI=1S/C14H21N5O2/c1-10(2)9-21-7-6-19-14(16-17-18-19)12-8-11(15)4-5-13(12)20-3/h4-5,8,10H,6-7,9,15H2,1-3H3. The number of ether oxygens (including phenoxy) is 2. The van der Waals surface area contributed by atoms with Gasteiger partial charge in [0.2, 0.25) is 0 Å². The maximum absolute atomic E-state index is 5.84. The van der Waals surface area contributed by atoms with E-state index in [1.807, 2.05) is 0 Å². The molecule has 0 radical (unpaired) electrons. The van der Waals surface area contributed by atoms with Crippen LogP contribution in [0.2, 0.25) is 0 Å². The Morgan fingerprint density at radius 3 is 2.86 bits per heavy atom. The van der Waals surface area contributed by atoms with Crippen molar-refractivity contribution >= 4 is 5.69 Å². The average Bonchev–Trinajstić information content (AvgIpc) is 2.91. The molecule has 1 aromatic heterocycles. The number of nitrogens with two attached hydrogens (primary N) is 1. The molecule has 2 aromatic rings. The maximum atomic E-state index is 5.84. The van der Waals surface area contributed by atoms with E-state index in [9.17, 15) is 0 Å². The lowest BCUT2D eigenvalue weighted by Gasteiger charge is -2.10. The second-order valence-corrected chi connectivity index (χ2v) is 5.15. The summed E-state index contributed by atoms with van der Waals surface area (Å²) in [6, 6.07) is 5.39. The van der Waals surface area contributed by atoms with Crippen LogP contribution >= 0.6 is 0 Å². The summed E-state index contributed by atoms with van der Waals surface area (Å²) in [5.41, 5.74) is 7.24.